The molecule has 114 valence electrons. The zero-order valence-corrected chi connectivity index (χ0v) is 14.0. The van der Waals surface area contributed by atoms with E-state index in [-0.39, 0.29) is 22.8 Å². The van der Waals surface area contributed by atoms with Gasteiger partial charge in [0, 0.05) is 6.04 Å². The van der Waals surface area contributed by atoms with Gasteiger partial charge in [-0.25, -0.2) is 4.98 Å². The molecule has 0 aliphatic carbocycles. The van der Waals surface area contributed by atoms with Gasteiger partial charge >= 0.3 is 5.97 Å². The smallest absolute Gasteiger partial charge is 0.313 e. The number of carboxylic acids is 1. The third-order valence-electron chi connectivity index (χ3n) is 3.45. The summed E-state index contributed by atoms with van der Waals surface area (Å²) in [6.45, 7) is 8.12. The Labute approximate surface area is 131 Å². The first-order valence-electron chi connectivity index (χ1n) is 6.56. The number of thiophene rings is 1. The molecule has 0 saturated heterocycles. The molecule has 2 aromatic rings. The summed E-state index contributed by atoms with van der Waals surface area (Å²) in [4.78, 5) is 28.0. The number of rotatable bonds is 4. The first kappa shape index (κ1) is 16.0. The summed E-state index contributed by atoms with van der Waals surface area (Å²) < 4.78 is 2.25. The van der Waals surface area contributed by atoms with Gasteiger partial charge in [-0.2, -0.15) is 0 Å². The molecule has 0 radical (unpaired) electrons. The van der Waals surface area contributed by atoms with Crippen molar-refractivity contribution < 1.29 is 9.90 Å². The molecule has 1 N–H and O–H groups in total. The first-order chi connectivity index (χ1) is 9.71. The van der Waals surface area contributed by atoms with Gasteiger partial charge in [-0.3, -0.25) is 14.2 Å². The fourth-order valence-electron chi connectivity index (χ4n) is 1.86. The molecule has 0 saturated carbocycles. The third-order valence-corrected chi connectivity index (χ3v) is 5.27. The number of hydrogen-bond donors (Lipinski definition) is 1. The van der Waals surface area contributed by atoms with Crippen molar-refractivity contribution in [2.24, 2.45) is 5.41 Å². The molecule has 0 aromatic carbocycles. The number of carbonyl (C=O) groups is 1. The van der Waals surface area contributed by atoms with Crippen LogP contribution in [-0.2, 0) is 4.79 Å². The molecule has 0 bridgehead atoms. The molecule has 0 spiro atoms. The maximum absolute atomic E-state index is 12.7. The van der Waals surface area contributed by atoms with Crippen LogP contribution in [0, 0.1) is 5.41 Å². The number of hydrogen-bond acceptors (Lipinski definition) is 5. The Bertz CT molecular complexity index is 728. The maximum Gasteiger partial charge on any atom is 0.313 e. The van der Waals surface area contributed by atoms with Gasteiger partial charge in [0.25, 0.3) is 5.56 Å². The predicted octanol–water partition coefficient (Wildman–Crippen LogP) is 3.24. The number of aliphatic carboxylic acids is 1. The predicted molar refractivity (Wildman–Crippen MR) is 86.4 cm³/mol. The van der Waals surface area contributed by atoms with E-state index in [0.29, 0.717) is 15.4 Å². The van der Waals surface area contributed by atoms with E-state index in [0.717, 1.165) is 11.8 Å². The molecule has 2 aromatic heterocycles. The standard InChI is InChI=1S/C14H18N2O3S2/c1-8(14(2,3)4)16-12(19)11-9(5-6-20-11)15-13(16)21-7-10(17)18/h5-6,8H,7H2,1-4H3,(H,17,18). The van der Waals surface area contributed by atoms with Crippen LogP contribution in [0.3, 0.4) is 0 Å². The van der Waals surface area contributed by atoms with Crippen molar-refractivity contribution in [3.63, 3.8) is 0 Å². The van der Waals surface area contributed by atoms with Crippen molar-refractivity contribution in [3.8, 4) is 0 Å². The largest absolute Gasteiger partial charge is 0.481 e. The molecule has 0 fully saturated rings. The Morgan fingerprint density at radius 1 is 1.52 bits per heavy atom. The van der Waals surface area contributed by atoms with Crippen molar-refractivity contribution in [3.05, 3.63) is 21.8 Å². The summed E-state index contributed by atoms with van der Waals surface area (Å²) in [5.41, 5.74) is 0.412. The van der Waals surface area contributed by atoms with Crippen LogP contribution in [0.4, 0.5) is 0 Å². The summed E-state index contributed by atoms with van der Waals surface area (Å²) in [5, 5.41) is 11.2. The van der Waals surface area contributed by atoms with Gasteiger partial charge < -0.3 is 5.11 Å². The normalized spacial score (nSPS) is 13.5. The van der Waals surface area contributed by atoms with Crippen molar-refractivity contribution in [2.75, 3.05) is 5.75 Å². The minimum absolute atomic E-state index is 0.0831. The summed E-state index contributed by atoms with van der Waals surface area (Å²) in [7, 11) is 0. The van der Waals surface area contributed by atoms with Crippen LogP contribution in [-0.4, -0.2) is 26.4 Å². The molecule has 21 heavy (non-hydrogen) atoms. The quantitative estimate of drug-likeness (QED) is 0.690. The van der Waals surface area contributed by atoms with Gasteiger partial charge in [-0.1, -0.05) is 32.5 Å². The number of fused-ring (bicyclic) bond motifs is 1. The molecule has 0 aliphatic heterocycles. The molecular weight excluding hydrogens is 308 g/mol. The Balaban J connectivity index is 2.63. The lowest BCUT2D eigenvalue weighted by molar-refractivity contribution is -0.133. The van der Waals surface area contributed by atoms with E-state index in [4.69, 9.17) is 5.11 Å². The van der Waals surface area contributed by atoms with E-state index in [1.165, 1.54) is 11.3 Å². The van der Waals surface area contributed by atoms with Crippen molar-refractivity contribution in [1.29, 1.82) is 0 Å². The molecule has 2 rings (SSSR count). The van der Waals surface area contributed by atoms with E-state index < -0.39 is 5.97 Å². The van der Waals surface area contributed by atoms with Crippen LogP contribution in [0.25, 0.3) is 10.2 Å². The minimum atomic E-state index is -0.922. The second-order valence-electron chi connectivity index (χ2n) is 5.93. The highest BCUT2D eigenvalue weighted by atomic mass is 32.2. The van der Waals surface area contributed by atoms with E-state index in [9.17, 15) is 9.59 Å². The highest BCUT2D eigenvalue weighted by Gasteiger charge is 2.26. The monoisotopic (exact) mass is 326 g/mol. The maximum atomic E-state index is 12.7. The highest BCUT2D eigenvalue weighted by Crippen LogP contribution is 2.32. The summed E-state index contributed by atoms with van der Waals surface area (Å²) >= 11 is 2.46. The van der Waals surface area contributed by atoms with Gasteiger partial charge in [0.1, 0.15) is 4.70 Å². The van der Waals surface area contributed by atoms with Crippen LogP contribution in [0.1, 0.15) is 33.7 Å². The van der Waals surface area contributed by atoms with Crippen LogP contribution < -0.4 is 5.56 Å². The molecule has 1 unspecified atom stereocenters. The topological polar surface area (TPSA) is 72.2 Å². The highest BCUT2D eigenvalue weighted by molar-refractivity contribution is 7.99. The van der Waals surface area contributed by atoms with E-state index in [2.05, 4.69) is 4.98 Å². The van der Waals surface area contributed by atoms with Gasteiger partial charge in [0.2, 0.25) is 0 Å². The second-order valence-corrected chi connectivity index (χ2v) is 7.79. The summed E-state index contributed by atoms with van der Waals surface area (Å²) in [6.07, 6.45) is 0. The summed E-state index contributed by atoms with van der Waals surface area (Å²) in [5.74, 6) is -1.03. The fourth-order valence-corrected chi connectivity index (χ4v) is 3.42. The van der Waals surface area contributed by atoms with Crippen LogP contribution >= 0.6 is 23.1 Å². The third kappa shape index (κ3) is 3.29. The van der Waals surface area contributed by atoms with E-state index >= 15 is 0 Å². The minimum Gasteiger partial charge on any atom is -0.481 e. The molecule has 7 heteroatoms. The number of nitrogens with zero attached hydrogens (tertiary/aromatic N) is 2. The van der Waals surface area contributed by atoms with Crippen LogP contribution in [0.2, 0.25) is 0 Å². The van der Waals surface area contributed by atoms with Crippen LogP contribution in [0.5, 0.6) is 0 Å². The SMILES string of the molecule is CC(n1c(SCC(=O)O)nc2ccsc2c1=O)C(C)(C)C. The Morgan fingerprint density at radius 2 is 2.19 bits per heavy atom. The molecule has 5 nitrogen and oxygen atoms in total. The fraction of sp³-hybridized carbons (Fsp3) is 0.500. The van der Waals surface area contributed by atoms with Gasteiger partial charge in [-0.15, -0.1) is 11.3 Å². The molecular formula is C14H18N2O3S2. The van der Waals surface area contributed by atoms with Gasteiger partial charge in [-0.05, 0) is 23.8 Å². The Hall–Kier alpha value is -1.34. The van der Waals surface area contributed by atoms with Crippen molar-refractivity contribution in [1.82, 2.24) is 9.55 Å². The lowest BCUT2D eigenvalue weighted by Gasteiger charge is -2.30. The van der Waals surface area contributed by atoms with E-state index in [1.54, 1.807) is 10.6 Å². The number of thioether (sulfide) groups is 1. The number of carboxylic acid groups (broad SMARTS) is 1. The molecule has 1 atom stereocenters. The average Bonchev–Trinajstić information content (AvgIpc) is 2.83. The van der Waals surface area contributed by atoms with Gasteiger partial charge in [0.05, 0.1) is 11.3 Å². The van der Waals surface area contributed by atoms with E-state index in [1.807, 2.05) is 33.1 Å². The average molecular weight is 326 g/mol. The second kappa shape index (κ2) is 5.81. The van der Waals surface area contributed by atoms with Gasteiger partial charge in [0.15, 0.2) is 5.16 Å². The molecule has 0 amide bonds. The lowest BCUT2D eigenvalue weighted by atomic mass is 9.88. The Kier molecular flexibility index (Phi) is 4.43. The molecule has 2 heterocycles. The van der Waals surface area contributed by atoms with Crippen molar-refractivity contribution >= 4 is 39.3 Å². The Morgan fingerprint density at radius 3 is 2.76 bits per heavy atom. The zero-order chi connectivity index (χ0) is 15.8. The molecule has 0 aliphatic rings. The summed E-state index contributed by atoms with van der Waals surface area (Å²) in [6, 6.07) is 1.71. The number of aromatic nitrogens is 2. The van der Waals surface area contributed by atoms with Crippen LogP contribution in [0.15, 0.2) is 21.4 Å². The van der Waals surface area contributed by atoms with Crippen molar-refractivity contribution in [2.45, 2.75) is 38.9 Å². The first-order valence-corrected chi connectivity index (χ1v) is 8.42. The lowest BCUT2D eigenvalue weighted by Crippen LogP contribution is -2.32. The zero-order valence-electron chi connectivity index (χ0n) is 12.4.